The Morgan fingerprint density at radius 2 is 1.64 bits per heavy atom. The van der Waals surface area contributed by atoms with E-state index in [2.05, 4.69) is 48.6 Å². The fourth-order valence-corrected chi connectivity index (χ4v) is 3.42. The van der Waals surface area contributed by atoms with Gasteiger partial charge in [0.2, 0.25) is 0 Å². The summed E-state index contributed by atoms with van der Waals surface area (Å²) < 4.78 is 5.49. The van der Waals surface area contributed by atoms with Crippen molar-refractivity contribution in [2.75, 3.05) is 33.1 Å². The van der Waals surface area contributed by atoms with Gasteiger partial charge in [-0.25, -0.2) is 0 Å². The predicted octanol–water partition coefficient (Wildman–Crippen LogP) is 4.66. The zero-order valence-corrected chi connectivity index (χ0v) is 16.8. The van der Waals surface area contributed by atoms with Gasteiger partial charge >= 0.3 is 0 Å². The molecule has 0 aromatic heterocycles. The maximum absolute atomic E-state index is 13.0. The number of hydrogen-bond donors (Lipinski definition) is 1. The van der Waals surface area contributed by atoms with Crippen molar-refractivity contribution >= 4 is 22.4 Å². The number of amides is 1. The van der Waals surface area contributed by atoms with Crippen LogP contribution in [-0.4, -0.2) is 38.6 Å². The number of benzene rings is 3. The van der Waals surface area contributed by atoms with Crippen molar-refractivity contribution in [1.29, 1.82) is 0 Å². The monoisotopic (exact) mass is 376 g/mol. The number of rotatable bonds is 8. The maximum Gasteiger partial charge on any atom is 0.258 e. The summed E-state index contributed by atoms with van der Waals surface area (Å²) in [6, 6.07) is 22.1. The highest BCUT2D eigenvalue weighted by atomic mass is 16.5. The number of ether oxygens (including phenoxy) is 1. The Labute approximate surface area is 167 Å². The van der Waals surface area contributed by atoms with E-state index in [0.717, 1.165) is 41.6 Å². The van der Waals surface area contributed by atoms with Crippen molar-refractivity contribution in [2.45, 2.75) is 18.9 Å². The average Bonchev–Trinajstić information content (AvgIpc) is 2.69. The third-order valence-electron chi connectivity index (χ3n) is 4.86. The van der Waals surface area contributed by atoms with Crippen LogP contribution in [0.2, 0.25) is 0 Å². The summed E-state index contributed by atoms with van der Waals surface area (Å²) in [5, 5.41) is 5.41. The normalized spacial score (nSPS) is 12.3. The second kappa shape index (κ2) is 9.49. The highest BCUT2D eigenvalue weighted by Crippen LogP contribution is 2.27. The lowest BCUT2D eigenvalue weighted by molar-refractivity contribution is -0.126. The van der Waals surface area contributed by atoms with Crippen molar-refractivity contribution in [3.63, 3.8) is 0 Å². The Kier molecular flexibility index (Phi) is 6.80. The van der Waals surface area contributed by atoms with Gasteiger partial charge in [0.1, 0.15) is 0 Å². The molecular weight excluding hydrogens is 348 g/mol. The molecule has 0 bridgehead atoms. The van der Waals surface area contributed by atoms with Crippen LogP contribution in [0, 0.1) is 0 Å². The van der Waals surface area contributed by atoms with Crippen LogP contribution in [0.25, 0.3) is 10.8 Å². The number of nitrogens with one attached hydrogen (secondary N) is 1. The molecule has 0 radical (unpaired) electrons. The number of hydrogen-bond acceptors (Lipinski definition) is 3. The van der Waals surface area contributed by atoms with Gasteiger partial charge in [-0.3, -0.25) is 4.79 Å². The molecule has 0 saturated heterocycles. The van der Waals surface area contributed by atoms with Crippen molar-refractivity contribution in [2.24, 2.45) is 0 Å². The van der Waals surface area contributed by atoms with Crippen molar-refractivity contribution in [3.05, 3.63) is 77.9 Å². The molecule has 0 fully saturated rings. The second-order valence-corrected chi connectivity index (χ2v) is 7.28. The first-order valence-corrected chi connectivity index (χ1v) is 9.63. The number of nitrogens with zero attached hydrogens (tertiary/aromatic N) is 1. The number of methoxy groups -OCH3 is 1. The fraction of sp³-hybridized carbons (Fsp3) is 0.292. The third kappa shape index (κ3) is 4.97. The number of aryl methyl sites for hydroxylation is 1. The van der Waals surface area contributed by atoms with Gasteiger partial charge in [0, 0.05) is 12.8 Å². The Bertz CT molecular complexity index is 922. The van der Waals surface area contributed by atoms with Crippen LogP contribution < -0.4 is 5.32 Å². The molecule has 4 heteroatoms. The predicted molar refractivity (Wildman–Crippen MR) is 116 cm³/mol. The minimum Gasteiger partial charge on any atom is -0.367 e. The molecule has 1 N–H and O–H groups in total. The fourth-order valence-electron chi connectivity index (χ4n) is 3.42. The van der Waals surface area contributed by atoms with E-state index in [-0.39, 0.29) is 5.91 Å². The zero-order valence-electron chi connectivity index (χ0n) is 16.8. The lowest BCUT2D eigenvalue weighted by atomic mass is 10.0. The van der Waals surface area contributed by atoms with Crippen LogP contribution in [0.15, 0.2) is 66.7 Å². The Hall–Kier alpha value is -2.69. The lowest BCUT2D eigenvalue weighted by Crippen LogP contribution is -2.23. The van der Waals surface area contributed by atoms with E-state index in [9.17, 15) is 4.79 Å². The van der Waals surface area contributed by atoms with Crippen LogP contribution in [0.1, 0.15) is 23.7 Å². The highest BCUT2D eigenvalue weighted by molar-refractivity contribution is 5.98. The van der Waals surface area contributed by atoms with Crippen molar-refractivity contribution in [3.8, 4) is 0 Å². The summed E-state index contributed by atoms with van der Waals surface area (Å²) in [4.78, 5) is 15.1. The summed E-state index contributed by atoms with van der Waals surface area (Å²) in [6.07, 6.45) is 1.30. The first-order chi connectivity index (χ1) is 13.6. The van der Waals surface area contributed by atoms with Gasteiger partial charge in [0.05, 0.1) is 0 Å². The third-order valence-corrected chi connectivity index (χ3v) is 4.86. The summed E-state index contributed by atoms with van der Waals surface area (Å²) >= 11 is 0. The van der Waals surface area contributed by atoms with E-state index in [4.69, 9.17) is 4.74 Å². The quantitative estimate of drug-likeness (QED) is 0.622. The molecule has 0 unspecified atom stereocenters. The van der Waals surface area contributed by atoms with E-state index in [0.29, 0.717) is 0 Å². The molecule has 4 nitrogen and oxygen atoms in total. The van der Waals surface area contributed by atoms with Gasteiger partial charge < -0.3 is 15.0 Å². The van der Waals surface area contributed by atoms with Gasteiger partial charge in [0.25, 0.3) is 5.91 Å². The number of carbonyl (C=O) groups excluding carboxylic acids is 1. The second-order valence-electron chi connectivity index (χ2n) is 7.28. The molecule has 1 atom stereocenters. The molecule has 3 aromatic carbocycles. The molecule has 0 aliphatic carbocycles. The molecule has 0 heterocycles. The highest BCUT2D eigenvalue weighted by Gasteiger charge is 2.21. The van der Waals surface area contributed by atoms with Crippen LogP contribution in [0.5, 0.6) is 0 Å². The molecule has 3 rings (SSSR count). The molecule has 0 aliphatic rings. The minimum absolute atomic E-state index is 0.155. The van der Waals surface area contributed by atoms with Crippen molar-refractivity contribution < 1.29 is 9.53 Å². The number of fused-ring (bicyclic) bond motifs is 1. The van der Waals surface area contributed by atoms with Crippen molar-refractivity contribution in [1.82, 2.24) is 4.90 Å². The summed E-state index contributed by atoms with van der Waals surface area (Å²) in [5.41, 5.74) is 2.86. The summed E-state index contributed by atoms with van der Waals surface area (Å²) in [5.74, 6) is -0.155. The Balaban J connectivity index is 1.88. The van der Waals surface area contributed by atoms with Gasteiger partial charge in [-0.05, 0) is 67.5 Å². The molecule has 0 spiro atoms. The van der Waals surface area contributed by atoms with Crippen LogP contribution in [-0.2, 0) is 16.0 Å². The minimum atomic E-state index is -0.637. The first-order valence-electron chi connectivity index (χ1n) is 9.63. The van der Waals surface area contributed by atoms with Crippen LogP contribution in [0.3, 0.4) is 0 Å². The van der Waals surface area contributed by atoms with Gasteiger partial charge in [0.15, 0.2) is 6.10 Å². The van der Waals surface area contributed by atoms with Gasteiger partial charge in [-0.2, -0.15) is 0 Å². The topological polar surface area (TPSA) is 41.6 Å². The van der Waals surface area contributed by atoms with E-state index in [1.54, 1.807) is 7.11 Å². The molecule has 28 heavy (non-hydrogen) atoms. The van der Waals surface area contributed by atoms with E-state index in [1.807, 2.05) is 42.5 Å². The van der Waals surface area contributed by atoms with Gasteiger partial charge in [-0.1, -0.05) is 54.6 Å². The molecule has 3 aromatic rings. The van der Waals surface area contributed by atoms with Crippen LogP contribution in [0.4, 0.5) is 5.69 Å². The molecular formula is C24H28N2O2. The summed E-state index contributed by atoms with van der Waals surface area (Å²) in [6.45, 7) is 1.00. The lowest BCUT2D eigenvalue weighted by Gasteiger charge is -2.18. The van der Waals surface area contributed by atoms with E-state index < -0.39 is 6.10 Å². The SMILES string of the molecule is CO[C@@H](C(=O)Nc1cc2ccccc2cc1CCCN(C)C)c1ccccc1. The summed E-state index contributed by atoms with van der Waals surface area (Å²) in [7, 11) is 5.72. The smallest absolute Gasteiger partial charge is 0.258 e. The first kappa shape index (κ1) is 20.1. The van der Waals surface area contributed by atoms with E-state index >= 15 is 0 Å². The Morgan fingerprint density at radius 3 is 2.29 bits per heavy atom. The number of carbonyl (C=O) groups is 1. The standard InChI is InChI=1S/C24H28N2O2/c1-26(2)15-9-14-21-16-19-12-7-8-13-20(19)17-22(21)25-24(27)23(28-3)18-10-5-4-6-11-18/h4-8,10-13,16-17,23H,9,14-15H2,1-3H3,(H,25,27)/t23-/m1/s1. The average molecular weight is 377 g/mol. The maximum atomic E-state index is 13.0. The molecule has 146 valence electrons. The van der Waals surface area contributed by atoms with E-state index in [1.165, 1.54) is 5.39 Å². The molecule has 1 amide bonds. The largest absolute Gasteiger partial charge is 0.367 e. The number of anilines is 1. The zero-order chi connectivity index (χ0) is 19.9. The molecule has 0 saturated carbocycles. The Morgan fingerprint density at radius 1 is 1.00 bits per heavy atom. The van der Waals surface area contributed by atoms with Gasteiger partial charge in [-0.15, -0.1) is 0 Å². The molecule has 0 aliphatic heterocycles. The van der Waals surface area contributed by atoms with Crippen LogP contribution >= 0.6 is 0 Å².